The predicted molar refractivity (Wildman–Crippen MR) is 53.2 cm³/mol. The monoisotopic (exact) mass is 240 g/mol. The first-order valence-corrected chi connectivity index (χ1v) is 6.03. The van der Waals surface area contributed by atoms with Gasteiger partial charge in [0, 0.05) is 20.6 Å². The van der Waals surface area contributed by atoms with Gasteiger partial charge in [0.25, 0.3) is 0 Å². The molecule has 90 valence electrons. The Morgan fingerprint density at radius 3 is 2.27 bits per heavy atom. The van der Waals surface area contributed by atoms with Gasteiger partial charge in [0.05, 0.1) is 0 Å². The van der Waals surface area contributed by atoms with Gasteiger partial charge in [-0.05, 0) is 13.3 Å². The van der Waals surface area contributed by atoms with Crippen molar-refractivity contribution in [3.8, 4) is 0 Å². The average Bonchev–Trinajstić information content (AvgIpc) is 2.17. The van der Waals surface area contributed by atoms with Crippen LogP contribution in [0.4, 0.5) is 0 Å². The van der Waals surface area contributed by atoms with Crippen LogP contribution in [0.25, 0.3) is 0 Å². The Morgan fingerprint density at radius 2 is 1.87 bits per heavy atom. The lowest BCUT2D eigenvalue weighted by molar-refractivity contribution is -0.163. The summed E-state index contributed by atoms with van der Waals surface area (Å²) in [5.41, 5.74) is 0. The Morgan fingerprint density at radius 1 is 1.33 bits per heavy atom. The SMILES string of the molecule is CCCC(=O)OC(C)OP(=O)(OC)OC. The van der Waals surface area contributed by atoms with E-state index in [0.29, 0.717) is 6.42 Å². The van der Waals surface area contributed by atoms with Gasteiger partial charge < -0.3 is 4.74 Å². The Balaban J connectivity index is 4.07. The number of rotatable bonds is 7. The van der Waals surface area contributed by atoms with Gasteiger partial charge in [-0.3, -0.25) is 13.8 Å². The van der Waals surface area contributed by atoms with Crippen molar-refractivity contribution in [2.75, 3.05) is 14.2 Å². The zero-order valence-electron chi connectivity index (χ0n) is 9.39. The molecule has 0 aromatic rings. The first kappa shape index (κ1) is 14.6. The normalized spacial score (nSPS) is 13.6. The van der Waals surface area contributed by atoms with Crippen molar-refractivity contribution < 1.29 is 27.7 Å². The molecule has 0 aliphatic rings. The summed E-state index contributed by atoms with van der Waals surface area (Å²) >= 11 is 0. The maximum absolute atomic E-state index is 11.4. The molecule has 0 saturated carbocycles. The standard InChI is InChI=1S/C8H17O6P/c1-5-6-8(9)13-7(2)14-15(10,11-3)12-4/h7H,5-6H2,1-4H3. The van der Waals surface area contributed by atoms with Gasteiger partial charge in [-0.15, -0.1) is 0 Å². The Hall–Kier alpha value is -0.420. The van der Waals surface area contributed by atoms with Gasteiger partial charge in [0.2, 0.25) is 6.29 Å². The van der Waals surface area contributed by atoms with Crippen LogP contribution in [0.15, 0.2) is 0 Å². The van der Waals surface area contributed by atoms with E-state index < -0.39 is 20.1 Å². The summed E-state index contributed by atoms with van der Waals surface area (Å²) in [5, 5.41) is 0. The molecule has 6 nitrogen and oxygen atoms in total. The molecule has 0 radical (unpaired) electrons. The van der Waals surface area contributed by atoms with Crippen LogP contribution in [0.2, 0.25) is 0 Å². The molecular formula is C8H17O6P. The van der Waals surface area contributed by atoms with Gasteiger partial charge in [-0.25, -0.2) is 9.09 Å². The molecule has 0 aromatic heterocycles. The third-order valence-electron chi connectivity index (χ3n) is 1.48. The number of hydrogen-bond acceptors (Lipinski definition) is 6. The van der Waals surface area contributed by atoms with Crippen molar-refractivity contribution in [3.05, 3.63) is 0 Å². The van der Waals surface area contributed by atoms with E-state index in [9.17, 15) is 9.36 Å². The number of esters is 1. The van der Waals surface area contributed by atoms with E-state index in [-0.39, 0.29) is 6.42 Å². The molecule has 0 heterocycles. The molecule has 0 aliphatic carbocycles. The molecule has 7 heteroatoms. The summed E-state index contributed by atoms with van der Waals surface area (Å²) in [5.74, 6) is -0.413. The maximum Gasteiger partial charge on any atom is 0.477 e. The van der Waals surface area contributed by atoms with Gasteiger partial charge >= 0.3 is 13.8 Å². The van der Waals surface area contributed by atoms with Gasteiger partial charge in [-0.2, -0.15) is 0 Å². The van der Waals surface area contributed by atoms with Crippen LogP contribution in [0.5, 0.6) is 0 Å². The number of hydrogen-bond donors (Lipinski definition) is 0. The minimum absolute atomic E-state index is 0.290. The highest BCUT2D eigenvalue weighted by molar-refractivity contribution is 7.48. The fourth-order valence-electron chi connectivity index (χ4n) is 0.812. The summed E-state index contributed by atoms with van der Waals surface area (Å²) in [7, 11) is -1.22. The van der Waals surface area contributed by atoms with E-state index in [2.05, 4.69) is 9.05 Å². The third kappa shape index (κ3) is 5.89. The second kappa shape index (κ2) is 6.95. The average molecular weight is 240 g/mol. The third-order valence-corrected chi connectivity index (χ3v) is 2.93. The summed E-state index contributed by atoms with van der Waals surface area (Å²) in [4.78, 5) is 11.0. The lowest BCUT2D eigenvalue weighted by Gasteiger charge is -2.18. The lowest BCUT2D eigenvalue weighted by Crippen LogP contribution is -2.17. The quantitative estimate of drug-likeness (QED) is 0.385. The zero-order valence-corrected chi connectivity index (χ0v) is 10.3. The minimum Gasteiger partial charge on any atom is -0.435 e. The first-order valence-electron chi connectivity index (χ1n) is 4.56. The van der Waals surface area contributed by atoms with Crippen molar-refractivity contribution in [2.45, 2.75) is 33.0 Å². The summed E-state index contributed by atoms with van der Waals surface area (Å²) in [6, 6.07) is 0. The van der Waals surface area contributed by atoms with Crippen LogP contribution in [0.1, 0.15) is 26.7 Å². The summed E-state index contributed by atoms with van der Waals surface area (Å²) in [6.07, 6.45) is 0.00483. The smallest absolute Gasteiger partial charge is 0.435 e. The number of carbonyl (C=O) groups excluding carboxylic acids is 1. The highest BCUT2D eigenvalue weighted by Crippen LogP contribution is 2.48. The van der Waals surface area contributed by atoms with Gasteiger partial charge in [-0.1, -0.05) is 6.92 Å². The van der Waals surface area contributed by atoms with E-state index in [1.165, 1.54) is 21.1 Å². The number of carbonyl (C=O) groups is 1. The number of phosphoric acid groups is 1. The molecule has 15 heavy (non-hydrogen) atoms. The molecular weight excluding hydrogens is 223 g/mol. The molecule has 0 saturated heterocycles. The Kier molecular flexibility index (Phi) is 6.76. The maximum atomic E-state index is 11.4. The van der Waals surface area contributed by atoms with Crippen molar-refractivity contribution in [1.29, 1.82) is 0 Å². The molecule has 1 unspecified atom stereocenters. The fourth-order valence-corrected chi connectivity index (χ4v) is 1.54. The number of phosphoric ester groups is 1. The molecule has 0 rings (SSSR count). The van der Waals surface area contributed by atoms with Crippen LogP contribution in [0.3, 0.4) is 0 Å². The Labute approximate surface area is 89.5 Å². The lowest BCUT2D eigenvalue weighted by atomic mass is 10.3. The molecule has 0 spiro atoms. The summed E-state index contributed by atoms with van der Waals surface area (Å²) < 4.78 is 30.1. The van der Waals surface area contributed by atoms with Gasteiger partial charge in [0.1, 0.15) is 0 Å². The first-order chi connectivity index (χ1) is 6.97. The van der Waals surface area contributed by atoms with Crippen LogP contribution >= 0.6 is 7.82 Å². The second-order valence-electron chi connectivity index (χ2n) is 2.73. The molecule has 0 amide bonds. The summed E-state index contributed by atoms with van der Waals surface area (Å²) in [6.45, 7) is 3.29. The van der Waals surface area contributed by atoms with Crippen molar-refractivity contribution in [3.63, 3.8) is 0 Å². The van der Waals surface area contributed by atoms with Crippen LogP contribution in [-0.2, 0) is 27.7 Å². The van der Waals surface area contributed by atoms with E-state index in [1.807, 2.05) is 6.92 Å². The highest BCUT2D eigenvalue weighted by atomic mass is 31.2. The number of ether oxygens (including phenoxy) is 1. The van der Waals surface area contributed by atoms with E-state index in [1.54, 1.807) is 0 Å². The van der Waals surface area contributed by atoms with E-state index in [0.717, 1.165) is 0 Å². The van der Waals surface area contributed by atoms with Crippen molar-refractivity contribution in [2.24, 2.45) is 0 Å². The zero-order chi connectivity index (χ0) is 11.9. The minimum atomic E-state index is -3.59. The molecule has 0 bridgehead atoms. The van der Waals surface area contributed by atoms with E-state index >= 15 is 0 Å². The van der Waals surface area contributed by atoms with Crippen molar-refractivity contribution in [1.82, 2.24) is 0 Å². The molecule has 0 N–H and O–H groups in total. The van der Waals surface area contributed by atoms with Crippen molar-refractivity contribution >= 4 is 13.8 Å². The highest BCUT2D eigenvalue weighted by Gasteiger charge is 2.27. The van der Waals surface area contributed by atoms with Gasteiger partial charge in [0.15, 0.2) is 0 Å². The molecule has 1 atom stereocenters. The predicted octanol–water partition coefficient (Wildman–Crippen LogP) is 2.09. The van der Waals surface area contributed by atoms with Crippen LogP contribution in [0, 0.1) is 0 Å². The Bertz CT molecular complexity index is 233. The molecule has 0 aromatic carbocycles. The molecule has 0 aliphatic heterocycles. The van der Waals surface area contributed by atoms with Crippen LogP contribution < -0.4 is 0 Å². The largest absolute Gasteiger partial charge is 0.477 e. The van der Waals surface area contributed by atoms with E-state index in [4.69, 9.17) is 9.26 Å². The topological polar surface area (TPSA) is 71.1 Å². The fraction of sp³-hybridized carbons (Fsp3) is 0.875. The second-order valence-corrected chi connectivity index (χ2v) is 4.56. The molecule has 0 fully saturated rings. The van der Waals surface area contributed by atoms with Crippen LogP contribution in [-0.4, -0.2) is 26.5 Å².